The standard InChI is InChI=1S/C17H15FN4OS/c1-3-8-19-16(23)15-11(2)24-17(12-9-20-21-10-12)22(15)14-6-4-13(18)5-7-14/h1,4-7,9-10,17H,8H2,2H3,(H,19,23)(H,20,21). The maximum absolute atomic E-state index is 13.3. The molecule has 1 aromatic carbocycles. The number of hydrogen-bond donors (Lipinski definition) is 2. The van der Waals surface area contributed by atoms with E-state index in [1.165, 1.54) is 23.9 Å². The average Bonchev–Trinajstić information content (AvgIpc) is 3.21. The highest BCUT2D eigenvalue weighted by atomic mass is 32.2. The number of thioether (sulfide) groups is 1. The lowest BCUT2D eigenvalue weighted by Crippen LogP contribution is -2.34. The molecule has 0 bridgehead atoms. The van der Waals surface area contributed by atoms with Gasteiger partial charge in [-0.05, 0) is 31.2 Å². The summed E-state index contributed by atoms with van der Waals surface area (Å²) in [6.45, 7) is 2.03. The number of carbonyl (C=O) groups is 1. The second-order valence-electron chi connectivity index (χ2n) is 5.14. The molecule has 2 aromatic rings. The highest BCUT2D eigenvalue weighted by molar-refractivity contribution is 8.03. The van der Waals surface area contributed by atoms with Crippen LogP contribution in [0.15, 0.2) is 47.3 Å². The van der Waals surface area contributed by atoms with Crippen LogP contribution in [0.1, 0.15) is 17.9 Å². The van der Waals surface area contributed by atoms with E-state index in [1.807, 2.05) is 11.8 Å². The summed E-state index contributed by atoms with van der Waals surface area (Å²) in [5, 5.41) is 9.30. The van der Waals surface area contributed by atoms with Gasteiger partial charge in [-0.1, -0.05) is 17.7 Å². The molecule has 5 nitrogen and oxygen atoms in total. The van der Waals surface area contributed by atoms with E-state index in [9.17, 15) is 9.18 Å². The molecule has 1 unspecified atom stereocenters. The molecule has 0 spiro atoms. The number of rotatable bonds is 4. The number of benzene rings is 1. The van der Waals surface area contributed by atoms with Crippen LogP contribution in [0.3, 0.4) is 0 Å². The normalized spacial score (nSPS) is 17.0. The van der Waals surface area contributed by atoms with E-state index in [0.29, 0.717) is 5.70 Å². The zero-order valence-electron chi connectivity index (χ0n) is 12.9. The molecule has 0 fully saturated rings. The van der Waals surface area contributed by atoms with Crippen LogP contribution < -0.4 is 10.2 Å². The number of aromatic nitrogens is 2. The number of halogens is 1. The monoisotopic (exact) mass is 342 g/mol. The van der Waals surface area contributed by atoms with Crippen LogP contribution >= 0.6 is 11.8 Å². The van der Waals surface area contributed by atoms with Crippen LogP contribution in [0, 0.1) is 18.2 Å². The van der Waals surface area contributed by atoms with Crippen molar-refractivity contribution in [1.29, 1.82) is 0 Å². The van der Waals surface area contributed by atoms with Gasteiger partial charge in [-0.3, -0.25) is 9.89 Å². The fourth-order valence-electron chi connectivity index (χ4n) is 2.53. The Bertz CT molecular complexity index is 808. The molecule has 0 saturated heterocycles. The zero-order valence-corrected chi connectivity index (χ0v) is 13.7. The molecule has 0 aliphatic carbocycles. The molecule has 24 heavy (non-hydrogen) atoms. The van der Waals surface area contributed by atoms with Crippen molar-refractivity contribution in [3.05, 3.63) is 58.6 Å². The smallest absolute Gasteiger partial charge is 0.269 e. The minimum atomic E-state index is -0.329. The summed E-state index contributed by atoms with van der Waals surface area (Å²) in [5.41, 5.74) is 2.15. The number of nitrogens with one attached hydrogen (secondary N) is 2. The Morgan fingerprint density at radius 2 is 2.25 bits per heavy atom. The molecule has 1 aliphatic rings. The van der Waals surface area contributed by atoms with Crippen LogP contribution in [0.25, 0.3) is 0 Å². The zero-order chi connectivity index (χ0) is 17.1. The van der Waals surface area contributed by atoms with Crippen molar-refractivity contribution >= 4 is 23.4 Å². The van der Waals surface area contributed by atoms with Crippen molar-refractivity contribution in [3.8, 4) is 12.3 Å². The molecule has 1 aliphatic heterocycles. The quantitative estimate of drug-likeness (QED) is 0.839. The number of carbonyl (C=O) groups excluding carboxylic acids is 1. The summed E-state index contributed by atoms with van der Waals surface area (Å²) in [5.74, 6) is 1.81. The number of aromatic amines is 1. The van der Waals surface area contributed by atoms with Crippen molar-refractivity contribution in [1.82, 2.24) is 15.5 Å². The summed E-state index contributed by atoms with van der Waals surface area (Å²) < 4.78 is 13.3. The van der Waals surface area contributed by atoms with Crippen molar-refractivity contribution in [2.24, 2.45) is 0 Å². The topological polar surface area (TPSA) is 61.0 Å². The highest BCUT2D eigenvalue weighted by Crippen LogP contribution is 2.49. The molecule has 1 atom stereocenters. The van der Waals surface area contributed by atoms with Gasteiger partial charge < -0.3 is 10.2 Å². The molecule has 1 amide bonds. The van der Waals surface area contributed by atoms with Gasteiger partial charge in [0.05, 0.1) is 12.7 Å². The molecule has 0 saturated carbocycles. The largest absolute Gasteiger partial charge is 0.340 e. The summed E-state index contributed by atoms with van der Waals surface area (Å²) >= 11 is 1.54. The Kier molecular flexibility index (Phi) is 4.58. The van der Waals surface area contributed by atoms with Gasteiger partial charge in [0.1, 0.15) is 16.9 Å². The lowest BCUT2D eigenvalue weighted by Gasteiger charge is -2.27. The third kappa shape index (κ3) is 3.01. The SMILES string of the molecule is C#CCNC(=O)C1=C(C)SC(c2cn[nH]c2)N1c1ccc(F)cc1. The number of terminal acetylenes is 1. The maximum atomic E-state index is 13.3. The highest BCUT2D eigenvalue weighted by Gasteiger charge is 2.37. The molecular weight excluding hydrogens is 327 g/mol. The van der Waals surface area contributed by atoms with E-state index >= 15 is 0 Å². The summed E-state index contributed by atoms with van der Waals surface area (Å²) in [4.78, 5) is 15.3. The van der Waals surface area contributed by atoms with E-state index < -0.39 is 0 Å². The van der Waals surface area contributed by atoms with Crippen LogP contribution in [0.5, 0.6) is 0 Å². The van der Waals surface area contributed by atoms with Gasteiger partial charge in [0, 0.05) is 22.4 Å². The molecule has 2 N–H and O–H groups in total. The lowest BCUT2D eigenvalue weighted by molar-refractivity contribution is -0.117. The molecule has 2 heterocycles. The number of allylic oxidation sites excluding steroid dienone is 1. The second kappa shape index (κ2) is 6.81. The number of anilines is 1. The van der Waals surface area contributed by atoms with Crippen molar-refractivity contribution in [2.45, 2.75) is 12.3 Å². The minimum absolute atomic E-state index is 0.147. The predicted molar refractivity (Wildman–Crippen MR) is 92.3 cm³/mol. The first-order valence-electron chi connectivity index (χ1n) is 7.24. The lowest BCUT2D eigenvalue weighted by atomic mass is 10.2. The Labute approximate surface area is 143 Å². The van der Waals surface area contributed by atoms with E-state index in [1.54, 1.807) is 24.5 Å². The Morgan fingerprint density at radius 1 is 1.50 bits per heavy atom. The summed E-state index contributed by atoms with van der Waals surface area (Å²) in [6, 6.07) is 6.04. The fourth-order valence-corrected chi connectivity index (χ4v) is 3.76. The molecular formula is C17H15FN4OS. The fraction of sp³-hybridized carbons (Fsp3) is 0.176. The van der Waals surface area contributed by atoms with Crippen molar-refractivity contribution in [3.63, 3.8) is 0 Å². The minimum Gasteiger partial charge on any atom is -0.340 e. The summed E-state index contributed by atoms with van der Waals surface area (Å²) in [6.07, 6.45) is 8.72. The molecule has 0 radical (unpaired) electrons. The van der Waals surface area contributed by atoms with Gasteiger partial charge in [0.15, 0.2) is 0 Å². The third-order valence-corrected chi connectivity index (χ3v) is 4.83. The summed E-state index contributed by atoms with van der Waals surface area (Å²) in [7, 11) is 0. The maximum Gasteiger partial charge on any atom is 0.269 e. The number of H-pyrrole nitrogens is 1. The van der Waals surface area contributed by atoms with Gasteiger partial charge >= 0.3 is 0 Å². The van der Waals surface area contributed by atoms with Crippen LogP contribution in [0.4, 0.5) is 10.1 Å². The van der Waals surface area contributed by atoms with Crippen LogP contribution in [0.2, 0.25) is 0 Å². The van der Waals surface area contributed by atoms with E-state index in [-0.39, 0.29) is 23.6 Å². The molecule has 122 valence electrons. The predicted octanol–water partition coefficient (Wildman–Crippen LogP) is 2.78. The number of amides is 1. The Balaban J connectivity index is 2.02. The average molecular weight is 342 g/mol. The van der Waals surface area contributed by atoms with Crippen molar-refractivity contribution in [2.75, 3.05) is 11.4 Å². The van der Waals surface area contributed by atoms with Gasteiger partial charge in [0.25, 0.3) is 5.91 Å². The van der Waals surface area contributed by atoms with Crippen molar-refractivity contribution < 1.29 is 9.18 Å². The first-order chi connectivity index (χ1) is 11.6. The molecule has 1 aromatic heterocycles. The molecule has 7 heteroatoms. The third-order valence-electron chi connectivity index (χ3n) is 3.57. The number of nitrogens with zero attached hydrogens (tertiary/aromatic N) is 2. The first-order valence-corrected chi connectivity index (χ1v) is 8.12. The van der Waals surface area contributed by atoms with E-state index in [4.69, 9.17) is 6.42 Å². The van der Waals surface area contributed by atoms with Crippen LogP contribution in [-0.2, 0) is 4.79 Å². The molecule has 3 rings (SSSR count). The van der Waals surface area contributed by atoms with Gasteiger partial charge in [-0.2, -0.15) is 5.10 Å². The second-order valence-corrected chi connectivity index (χ2v) is 6.43. The first kappa shape index (κ1) is 16.1. The van der Waals surface area contributed by atoms with Gasteiger partial charge in [-0.25, -0.2) is 4.39 Å². The van der Waals surface area contributed by atoms with Crippen LogP contribution in [-0.4, -0.2) is 22.6 Å². The number of hydrogen-bond acceptors (Lipinski definition) is 4. The van der Waals surface area contributed by atoms with Gasteiger partial charge in [0.2, 0.25) is 0 Å². The Morgan fingerprint density at radius 3 is 2.88 bits per heavy atom. The van der Waals surface area contributed by atoms with Gasteiger partial charge in [-0.15, -0.1) is 6.42 Å². The Hall–Kier alpha value is -2.72. The van der Waals surface area contributed by atoms with E-state index in [2.05, 4.69) is 21.4 Å². The van der Waals surface area contributed by atoms with E-state index in [0.717, 1.165) is 16.2 Å².